The van der Waals surface area contributed by atoms with Crippen LogP contribution in [0.2, 0.25) is 0 Å². The molecule has 0 spiro atoms. The highest BCUT2D eigenvalue weighted by Crippen LogP contribution is 2.21. The molecule has 2 heterocycles. The summed E-state index contributed by atoms with van der Waals surface area (Å²) in [6.45, 7) is 0.577. The van der Waals surface area contributed by atoms with Crippen LogP contribution in [-0.2, 0) is 6.54 Å². The second kappa shape index (κ2) is 4.26. The molecule has 2 aromatic rings. The number of nitrogen functional groups attached to an aromatic ring is 1. The number of anilines is 1. The first-order valence-electron chi connectivity index (χ1n) is 4.42. The number of hydrogen-bond acceptors (Lipinski definition) is 4. The van der Waals surface area contributed by atoms with Gasteiger partial charge in [0.25, 0.3) is 5.91 Å². The molecule has 0 saturated carbocycles. The van der Waals surface area contributed by atoms with Crippen molar-refractivity contribution < 1.29 is 4.79 Å². The lowest BCUT2D eigenvalue weighted by molar-refractivity contribution is 0.0995. The molecular weight excluding hydrogens is 292 g/mol. The molecule has 0 unspecified atom stereocenters. The summed E-state index contributed by atoms with van der Waals surface area (Å²) in [5.41, 5.74) is 11.2. The van der Waals surface area contributed by atoms with E-state index in [1.54, 1.807) is 22.2 Å². The number of hydrogen-bond donors (Lipinski definition) is 2. The topological polar surface area (TPSA) is 86.9 Å². The second-order valence-electron chi connectivity index (χ2n) is 3.23. The van der Waals surface area contributed by atoms with Gasteiger partial charge in [0.2, 0.25) is 0 Å². The minimum atomic E-state index is -0.608. The fourth-order valence-corrected chi connectivity index (χ4v) is 2.75. The van der Waals surface area contributed by atoms with Gasteiger partial charge in [-0.15, -0.1) is 11.3 Å². The van der Waals surface area contributed by atoms with E-state index in [1.165, 1.54) is 0 Å². The van der Waals surface area contributed by atoms with Crippen LogP contribution in [0.4, 0.5) is 5.69 Å². The maximum atomic E-state index is 11.0. The van der Waals surface area contributed by atoms with Crippen molar-refractivity contribution >= 4 is 38.9 Å². The van der Waals surface area contributed by atoms with Crippen molar-refractivity contribution in [2.45, 2.75) is 6.54 Å². The highest BCUT2D eigenvalue weighted by atomic mass is 79.9. The fraction of sp³-hybridized carbons (Fsp3) is 0.111. The van der Waals surface area contributed by atoms with Crippen molar-refractivity contribution in [1.82, 2.24) is 9.78 Å². The number of nitrogens with zero attached hydrogens (tertiary/aromatic N) is 2. The van der Waals surface area contributed by atoms with Gasteiger partial charge in [-0.1, -0.05) is 0 Å². The molecule has 0 aliphatic rings. The Bertz CT molecular complexity index is 533. The van der Waals surface area contributed by atoms with Crippen LogP contribution >= 0.6 is 27.3 Å². The summed E-state index contributed by atoms with van der Waals surface area (Å²) in [4.78, 5) is 12.1. The standard InChI is InChI=1S/C9H9BrN4OS/c10-5-1-6(16-4-5)2-14-3-7(11)8(13-14)9(12)15/h1,3-4H,2,11H2,(H2,12,15). The third-order valence-electron chi connectivity index (χ3n) is 1.96. The Morgan fingerprint density at radius 1 is 1.62 bits per heavy atom. The van der Waals surface area contributed by atoms with E-state index in [0.29, 0.717) is 12.2 Å². The fourth-order valence-electron chi connectivity index (χ4n) is 1.31. The number of aromatic nitrogens is 2. The summed E-state index contributed by atoms with van der Waals surface area (Å²) < 4.78 is 2.64. The van der Waals surface area contributed by atoms with Gasteiger partial charge in [0.05, 0.1) is 12.2 Å². The lowest BCUT2D eigenvalue weighted by atomic mass is 10.4. The maximum absolute atomic E-state index is 11.0. The zero-order chi connectivity index (χ0) is 11.7. The van der Waals surface area contributed by atoms with E-state index in [0.717, 1.165) is 9.35 Å². The number of rotatable bonds is 3. The molecule has 84 valence electrons. The summed E-state index contributed by atoms with van der Waals surface area (Å²) in [6, 6.07) is 1.99. The second-order valence-corrected chi connectivity index (χ2v) is 5.14. The Morgan fingerprint density at radius 3 is 2.88 bits per heavy atom. The molecule has 0 radical (unpaired) electrons. The Balaban J connectivity index is 2.22. The number of halogens is 1. The summed E-state index contributed by atoms with van der Waals surface area (Å²) in [5.74, 6) is -0.608. The molecule has 16 heavy (non-hydrogen) atoms. The number of thiophene rings is 1. The molecule has 1 amide bonds. The zero-order valence-corrected chi connectivity index (χ0v) is 10.6. The van der Waals surface area contributed by atoms with Crippen molar-refractivity contribution in [3.63, 3.8) is 0 Å². The van der Waals surface area contributed by atoms with Crippen LogP contribution in [0.15, 0.2) is 22.1 Å². The Hall–Kier alpha value is -1.34. The van der Waals surface area contributed by atoms with Crippen LogP contribution in [0, 0.1) is 0 Å². The lowest BCUT2D eigenvalue weighted by Gasteiger charge is -1.96. The molecule has 0 aliphatic carbocycles. The van der Waals surface area contributed by atoms with Gasteiger partial charge in [-0.2, -0.15) is 5.10 Å². The van der Waals surface area contributed by atoms with Gasteiger partial charge in [-0.05, 0) is 22.0 Å². The number of carbonyl (C=O) groups is 1. The van der Waals surface area contributed by atoms with Crippen molar-refractivity contribution in [3.05, 3.63) is 32.7 Å². The molecule has 0 aliphatic heterocycles. The quantitative estimate of drug-likeness (QED) is 0.899. The Morgan fingerprint density at radius 2 is 2.38 bits per heavy atom. The summed E-state index contributed by atoms with van der Waals surface area (Å²) >= 11 is 4.97. The molecule has 0 bridgehead atoms. The van der Waals surface area contributed by atoms with E-state index in [-0.39, 0.29) is 5.69 Å². The largest absolute Gasteiger partial charge is 0.396 e. The monoisotopic (exact) mass is 300 g/mol. The van der Waals surface area contributed by atoms with Crippen molar-refractivity contribution in [3.8, 4) is 0 Å². The number of nitrogens with two attached hydrogens (primary N) is 2. The molecule has 2 aromatic heterocycles. The highest BCUT2D eigenvalue weighted by molar-refractivity contribution is 9.10. The summed E-state index contributed by atoms with van der Waals surface area (Å²) in [6.07, 6.45) is 1.60. The average Bonchev–Trinajstić information content (AvgIpc) is 2.73. The van der Waals surface area contributed by atoms with Crippen LogP contribution < -0.4 is 11.5 Å². The van der Waals surface area contributed by atoms with E-state index < -0.39 is 5.91 Å². The van der Waals surface area contributed by atoms with Gasteiger partial charge in [-0.25, -0.2) is 0 Å². The molecule has 5 nitrogen and oxygen atoms in total. The first-order chi connectivity index (χ1) is 7.56. The van der Waals surface area contributed by atoms with Gasteiger partial charge >= 0.3 is 0 Å². The first-order valence-corrected chi connectivity index (χ1v) is 6.09. The van der Waals surface area contributed by atoms with Crippen LogP contribution in [0.5, 0.6) is 0 Å². The predicted molar refractivity (Wildman–Crippen MR) is 66.3 cm³/mol. The Kier molecular flexibility index (Phi) is 2.97. The normalized spacial score (nSPS) is 10.6. The van der Waals surface area contributed by atoms with Gasteiger partial charge in [0, 0.05) is 20.9 Å². The van der Waals surface area contributed by atoms with Gasteiger partial charge in [0.1, 0.15) is 0 Å². The third-order valence-corrected chi connectivity index (χ3v) is 3.65. The highest BCUT2D eigenvalue weighted by Gasteiger charge is 2.11. The number of amides is 1. The molecule has 0 aromatic carbocycles. The summed E-state index contributed by atoms with van der Waals surface area (Å²) in [5, 5.41) is 6.01. The number of carbonyl (C=O) groups excluding carboxylic acids is 1. The van der Waals surface area contributed by atoms with E-state index in [4.69, 9.17) is 11.5 Å². The van der Waals surface area contributed by atoms with Crippen molar-refractivity contribution in [1.29, 1.82) is 0 Å². The first kappa shape index (κ1) is 11.2. The SMILES string of the molecule is NC(=O)c1nn(Cc2cc(Br)cs2)cc1N. The molecule has 7 heteroatoms. The summed E-state index contributed by atoms with van der Waals surface area (Å²) in [7, 11) is 0. The van der Waals surface area contributed by atoms with E-state index >= 15 is 0 Å². The van der Waals surface area contributed by atoms with E-state index in [9.17, 15) is 4.79 Å². The van der Waals surface area contributed by atoms with Crippen LogP contribution in [0.3, 0.4) is 0 Å². The van der Waals surface area contributed by atoms with E-state index in [1.807, 2.05) is 11.4 Å². The van der Waals surface area contributed by atoms with Gasteiger partial charge in [0.15, 0.2) is 5.69 Å². The predicted octanol–water partition coefficient (Wildman–Crippen LogP) is 1.44. The molecular formula is C9H9BrN4OS. The zero-order valence-electron chi connectivity index (χ0n) is 8.18. The lowest BCUT2D eigenvalue weighted by Crippen LogP contribution is -2.14. The van der Waals surface area contributed by atoms with Gasteiger partial charge in [-0.3, -0.25) is 9.48 Å². The molecule has 0 saturated heterocycles. The minimum absolute atomic E-state index is 0.121. The molecule has 2 rings (SSSR count). The number of primary amides is 1. The minimum Gasteiger partial charge on any atom is -0.396 e. The third kappa shape index (κ3) is 2.25. The van der Waals surface area contributed by atoms with Crippen LogP contribution in [0.1, 0.15) is 15.4 Å². The molecule has 0 atom stereocenters. The van der Waals surface area contributed by atoms with Crippen LogP contribution in [-0.4, -0.2) is 15.7 Å². The molecule has 0 fully saturated rings. The van der Waals surface area contributed by atoms with Crippen LogP contribution in [0.25, 0.3) is 0 Å². The van der Waals surface area contributed by atoms with Gasteiger partial charge < -0.3 is 11.5 Å². The van der Waals surface area contributed by atoms with Crippen molar-refractivity contribution in [2.24, 2.45) is 5.73 Å². The maximum Gasteiger partial charge on any atom is 0.271 e. The van der Waals surface area contributed by atoms with Crippen molar-refractivity contribution in [2.75, 3.05) is 5.73 Å². The smallest absolute Gasteiger partial charge is 0.271 e. The average molecular weight is 301 g/mol. The van der Waals surface area contributed by atoms with E-state index in [2.05, 4.69) is 21.0 Å². The Labute approximate surface area is 104 Å². The molecule has 4 N–H and O–H groups in total.